The van der Waals surface area contributed by atoms with E-state index in [4.69, 9.17) is 4.52 Å². The minimum Gasteiger partial charge on any atom is -0.338 e. The van der Waals surface area contributed by atoms with Gasteiger partial charge in [0.2, 0.25) is 11.7 Å². The van der Waals surface area contributed by atoms with Crippen molar-refractivity contribution >= 4 is 0 Å². The van der Waals surface area contributed by atoms with E-state index < -0.39 is 0 Å². The zero-order valence-corrected chi connectivity index (χ0v) is 10.5. The standard InChI is InChI=1S/C14H17N3O/c1-2-14(8-9-15-10-14)13-16-12(17-18-13)11-6-4-3-5-7-11/h3-7,15H,2,8-10H2,1H3. The van der Waals surface area contributed by atoms with Gasteiger partial charge in [-0.1, -0.05) is 42.4 Å². The van der Waals surface area contributed by atoms with Crippen LogP contribution in [-0.2, 0) is 5.41 Å². The molecule has 1 saturated heterocycles. The molecule has 3 rings (SSSR count). The Bertz CT molecular complexity index is 515. The van der Waals surface area contributed by atoms with Crippen LogP contribution in [0.4, 0.5) is 0 Å². The summed E-state index contributed by atoms with van der Waals surface area (Å²) in [6, 6.07) is 9.95. The molecule has 94 valence electrons. The van der Waals surface area contributed by atoms with E-state index in [2.05, 4.69) is 22.4 Å². The van der Waals surface area contributed by atoms with Crippen LogP contribution >= 0.6 is 0 Å². The molecule has 1 aromatic heterocycles. The van der Waals surface area contributed by atoms with Gasteiger partial charge in [-0.2, -0.15) is 4.98 Å². The summed E-state index contributed by atoms with van der Waals surface area (Å²) in [5.74, 6) is 1.46. The van der Waals surface area contributed by atoms with E-state index in [1.165, 1.54) is 0 Å². The monoisotopic (exact) mass is 243 g/mol. The van der Waals surface area contributed by atoms with Crippen LogP contribution < -0.4 is 5.32 Å². The Balaban J connectivity index is 1.94. The minimum atomic E-state index is 0.0278. The number of aromatic nitrogens is 2. The summed E-state index contributed by atoms with van der Waals surface area (Å²) in [7, 11) is 0. The molecule has 2 heterocycles. The molecular weight excluding hydrogens is 226 g/mol. The molecule has 1 aromatic carbocycles. The third kappa shape index (κ3) is 1.82. The Hall–Kier alpha value is -1.68. The van der Waals surface area contributed by atoms with Crippen LogP contribution in [0.5, 0.6) is 0 Å². The lowest BCUT2D eigenvalue weighted by Crippen LogP contribution is -2.28. The van der Waals surface area contributed by atoms with Crippen molar-refractivity contribution < 1.29 is 4.52 Å². The van der Waals surface area contributed by atoms with Crippen LogP contribution in [-0.4, -0.2) is 23.2 Å². The maximum Gasteiger partial charge on any atom is 0.234 e. The van der Waals surface area contributed by atoms with Gasteiger partial charge in [0.1, 0.15) is 0 Å². The van der Waals surface area contributed by atoms with E-state index in [0.717, 1.165) is 37.4 Å². The molecule has 1 unspecified atom stereocenters. The molecule has 1 aliphatic rings. The first kappa shape index (κ1) is 11.4. The van der Waals surface area contributed by atoms with Crippen molar-refractivity contribution in [2.75, 3.05) is 13.1 Å². The highest BCUT2D eigenvalue weighted by molar-refractivity contribution is 5.53. The van der Waals surface area contributed by atoms with Gasteiger partial charge < -0.3 is 9.84 Å². The molecule has 0 saturated carbocycles. The molecule has 4 heteroatoms. The highest BCUT2D eigenvalue weighted by Gasteiger charge is 2.39. The Morgan fingerprint density at radius 2 is 2.17 bits per heavy atom. The van der Waals surface area contributed by atoms with Gasteiger partial charge in [-0.3, -0.25) is 0 Å². The molecule has 0 bridgehead atoms. The zero-order chi connectivity index (χ0) is 12.4. The van der Waals surface area contributed by atoms with Gasteiger partial charge in [-0.25, -0.2) is 0 Å². The molecule has 4 nitrogen and oxygen atoms in total. The lowest BCUT2D eigenvalue weighted by Gasteiger charge is -2.20. The average molecular weight is 243 g/mol. The van der Waals surface area contributed by atoms with Crippen molar-refractivity contribution in [2.24, 2.45) is 0 Å². The Morgan fingerprint density at radius 3 is 2.83 bits per heavy atom. The van der Waals surface area contributed by atoms with E-state index in [0.29, 0.717) is 5.82 Å². The first-order valence-corrected chi connectivity index (χ1v) is 6.44. The Labute approximate surface area is 106 Å². The number of rotatable bonds is 3. The smallest absolute Gasteiger partial charge is 0.234 e. The number of hydrogen-bond acceptors (Lipinski definition) is 4. The Kier molecular flexibility index (Phi) is 2.88. The summed E-state index contributed by atoms with van der Waals surface area (Å²) in [5.41, 5.74) is 1.03. The molecule has 1 N–H and O–H groups in total. The van der Waals surface area contributed by atoms with Crippen LogP contribution in [0.2, 0.25) is 0 Å². The van der Waals surface area contributed by atoms with Gasteiger partial charge in [-0.15, -0.1) is 0 Å². The van der Waals surface area contributed by atoms with Crippen molar-refractivity contribution in [2.45, 2.75) is 25.2 Å². The fourth-order valence-corrected chi connectivity index (χ4v) is 2.52. The van der Waals surface area contributed by atoms with Crippen molar-refractivity contribution in [3.8, 4) is 11.4 Å². The minimum absolute atomic E-state index is 0.0278. The van der Waals surface area contributed by atoms with Crippen molar-refractivity contribution in [3.63, 3.8) is 0 Å². The average Bonchev–Trinajstić information content (AvgIpc) is 3.09. The summed E-state index contributed by atoms with van der Waals surface area (Å²) in [4.78, 5) is 4.59. The van der Waals surface area contributed by atoms with E-state index in [1.807, 2.05) is 30.3 Å². The molecular formula is C14H17N3O. The third-order valence-corrected chi connectivity index (χ3v) is 3.83. The molecule has 1 fully saturated rings. The van der Waals surface area contributed by atoms with Crippen LogP contribution in [0.15, 0.2) is 34.9 Å². The molecule has 0 radical (unpaired) electrons. The largest absolute Gasteiger partial charge is 0.338 e. The number of hydrogen-bond donors (Lipinski definition) is 1. The van der Waals surface area contributed by atoms with Crippen LogP contribution in [0.3, 0.4) is 0 Å². The molecule has 0 amide bonds. The maximum absolute atomic E-state index is 5.50. The van der Waals surface area contributed by atoms with Gasteiger partial charge in [-0.05, 0) is 19.4 Å². The van der Waals surface area contributed by atoms with Crippen LogP contribution in [0, 0.1) is 0 Å². The summed E-state index contributed by atoms with van der Waals surface area (Å²) < 4.78 is 5.50. The molecule has 2 aromatic rings. The lowest BCUT2D eigenvalue weighted by molar-refractivity contribution is 0.285. The second-order valence-corrected chi connectivity index (χ2v) is 4.85. The second-order valence-electron chi connectivity index (χ2n) is 4.85. The summed E-state index contributed by atoms with van der Waals surface area (Å²) >= 11 is 0. The predicted octanol–water partition coefficient (Wildman–Crippen LogP) is 2.38. The third-order valence-electron chi connectivity index (χ3n) is 3.83. The van der Waals surface area contributed by atoms with Crippen molar-refractivity contribution in [3.05, 3.63) is 36.2 Å². The Morgan fingerprint density at radius 1 is 1.33 bits per heavy atom. The quantitative estimate of drug-likeness (QED) is 0.899. The summed E-state index contributed by atoms with van der Waals surface area (Å²) in [6.45, 7) is 4.14. The summed E-state index contributed by atoms with van der Waals surface area (Å²) in [5, 5.41) is 7.49. The highest BCUT2D eigenvalue weighted by Crippen LogP contribution is 2.33. The second kappa shape index (κ2) is 4.53. The fraction of sp³-hybridized carbons (Fsp3) is 0.429. The van der Waals surface area contributed by atoms with Gasteiger partial charge in [0.25, 0.3) is 0 Å². The highest BCUT2D eigenvalue weighted by atomic mass is 16.5. The number of nitrogens with one attached hydrogen (secondary N) is 1. The maximum atomic E-state index is 5.50. The van der Waals surface area contributed by atoms with Gasteiger partial charge in [0, 0.05) is 12.1 Å². The number of nitrogens with zero attached hydrogens (tertiary/aromatic N) is 2. The fourth-order valence-electron chi connectivity index (χ4n) is 2.52. The molecule has 1 atom stereocenters. The topological polar surface area (TPSA) is 51.0 Å². The number of benzene rings is 1. The first-order valence-electron chi connectivity index (χ1n) is 6.44. The van der Waals surface area contributed by atoms with E-state index in [9.17, 15) is 0 Å². The van der Waals surface area contributed by atoms with Gasteiger partial charge in [0.05, 0.1) is 5.41 Å². The summed E-state index contributed by atoms with van der Waals surface area (Å²) in [6.07, 6.45) is 2.09. The molecule has 18 heavy (non-hydrogen) atoms. The molecule has 0 aliphatic carbocycles. The van der Waals surface area contributed by atoms with Gasteiger partial charge >= 0.3 is 0 Å². The van der Waals surface area contributed by atoms with Gasteiger partial charge in [0.15, 0.2) is 0 Å². The van der Waals surface area contributed by atoms with Crippen LogP contribution in [0.1, 0.15) is 25.7 Å². The SMILES string of the molecule is CCC1(c2nc(-c3ccccc3)no2)CCNC1. The lowest BCUT2D eigenvalue weighted by atomic mass is 9.84. The van der Waals surface area contributed by atoms with Crippen molar-refractivity contribution in [1.82, 2.24) is 15.5 Å². The van der Waals surface area contributed by atoms with Crippen LogP contribution in [0.25, 0.3) is 11.4 Å². The first-order chi connectivity index (χ1) is 8.84. The van der Waals surface area contributed by atoms with E-state index in [-0.39, 0.29) is 5.41 Å². The van der Waals surface area contributed by atoms with E-state index >= 15 is 0 Å². The zero-order valence-electron chi connectivity index (χ0n) is 10.5. The normalized spacial score (nSPS) is 23.4. The molecule has 1 aliphatic heterocycles. The van der Waals surface area contributed by atoms with Crippen molar-refractivity contribution in [1.29, 1.82) is 0 Å². The van der Waals surface area contributed by atoms with E-state index in [1.54, 1.807) is 0 Å². The molecule has 0 spiro atoms. The predicted molar refractivity (Wildman–Crippen MR) is 69.2 cm³/mol.